The lowest BCUT2D eigenvalue weighted by Gasteiger charge is -2.24. The van der Waals surface area contributed by atoms with Crippen LogP contribution in [0.25, 0.3) is 10.8 Å². The van der Waals surface area contributed by atoms with Crippen molar-refractivity contribution in [3.63, 3.8) is 0 Å². The molecule has 0 bridgehead atoms. The van der Waals surface area contributed by atoms with Crippen LogP contribution < -0.4 is 0 Å². The molecule has 4 rings (SSSR count). The lowest BCUT2D eigenvalue weighted by molar-refractivity contribution is 0.0366. The third kappa shape index (κ3) is 1.65. The predicted molar refractivity (Wildman–Crippen MR) is 78.5 cm³/mol. The van der Waals surface area contributed by atoms with E-state index in [1.54, 1.807) is 0 Å². The van der Waals surface area contributed by atoms with Gasteiger partial charge in [-0.15, -0.1) is 0 Å². The van der Waals surface area contributed by atoms with E-state index >= 15 is 0 Å². The maximum Gasteiger partial charge on any atom is 0.348 e. The molecule has 6 nitrogen and oxygen atoms in total. The number of benzene rings is 2. The van der Waals surface area contributed by atoms with Crippen molar-refractivity contribution < 1.29 is 28.7 Å². The lowest BCUT2D eigenvalue weighted by atomic mass is 9.89. The van der Waals surface area contributed by atoms with Crippen LogP contribution in [0, 0.1) is 0 Å². The Hall–Kier alpha value is -2.15. The number of halogens is 3. The highest BCUT2D eigenvalue weighted by molar-refractivity contribution is 6.50. The van der Waals surface area contributed by atoms with Gasteiger partial charge < -0.3 is 9.47 Å². The molecule has 2 heterocycles. The number of hydrogen-bond donors (Lipinski definition) is 0. The van der Waals surface area contributed by atoms with Crippen molar-refractivity contribution in [1.82, 2.24) is 0 Å². The zero-order chi connectivity index (χ0) is 16.6. The van der Waals surface area contributed by atoms with Crippen LogP contribution in [0.3, 0.4) is 0 Å². The molecular formula is C14HCl3O6. The molecular weight excluding hydrogens is 371 g/mol. The third-order valence-electron chi connectivity index (χ3n) is 3.61. The Labute approximate surface area is 141 Å². The summed E-state index contributed by atoms with van der Waals surface area (Å²) in [5.74, 6) is -4.04. The molecule has 2 aromatic rings. The van der Waals surface area contributed by atoms with Crippen LogP contribution in [0.15, 0.2) is 6.07 Å². The van der Waals surface area contributed by atoms with Crippen molar-refractivity contribution in [2.75, 3.05) is 0 Å². The van der Waals surface area contributed by atoms with Gasteiger partial charge in [-0.2, -0.15) is 0 Å². The number of esters is 4. The van der Waals surface area contributed by atoms with E-state index < -0.39 is 23.9 Å². The molecule has 2 aliphatic rings. The van der Waals surface area contributed by atoms with E-state index in [9.17, 15) is 19.2 Å². The summed E-state index contributed by atoms with van der Waals surface area (Å²) in [5, 5.41) is -0.731. The fourth-order valence-corrected chi connectivity index (χ4v) is 3.53. The second kappa shape index (κ2) is 4.44. The Morgan fingerprint density at radius 2 is 1.13 bits per heavy atom. The maximum absolute atomic E-state index is 12.0. The summed E-state index contributed by atoms with van der Waals surface area (Å²) in [6.07, 6.45) is 0. The van der Waals surface area contributed by atoms with Crippen molar-refractivity contribution in [2.45, 2.75) is 0 Å². The van der Waals surface area contributed by atoms with Gasteiger partial charge in [-0.1, -0.05) is 34.8 Å². The van der Waals surface area contributed by atoms with Crippen molar-refractivity contribution in [3.8, 4) is 0 Å². The monoisotopic (exact) mass is 370 g/mol. The highest BCUT2D eigenvalue weighted by Gasteiger charge is 2.40. The molecule has 114 valence electrons. The van der Waals surface area contributed by atoms with Gasteiger partial charge in [0.25, 0.3) is 0 Å². The largest absolute Gasteiger partial charge is 0.386 e. The van der Waals surface area contributed by atoms with E-state index in [1.807, 2.05) is 0 Å². The zero-order valence-electron chi connectivity index (χ0n) is 10.7. The van der Waals surface area contributed by atoms with Crippen LogP contribution in [-0.4, -0.2) is 23.9 Å². The molecule has 0 atom stereocenters. The number of carbonyl (C=O) groups excluding carboxylic acids is 4. The Balaban J connectivity index is 2.41. The van der Waals surface area contributed by atoms with Crippen molar-refractivity contribution in [1.29, 1.82) is 0 Å². The molecule has 0 saturated heterocycles. The minimum Gasteiger partial charge on any atom is -0.386 e. The van der Waals surface area contributed by atoms with Crippen LogP contribution in [0.5, 0.6) is 0 Å². The standard InChI is InChI=1S/C14HCl3O6/c15-3-1-2-4-6-5(3)12(19)23-14(21)8(6)10(17)9(16)7(4)13(20)22-11(2)18/h1H. The summed E-state index contributed by atoms with van der Waals surface area (Å²) < 4.78 is 9.20. The summed E-state index contributed by atoms with van der Waals surface area (Å²) in [6, 6.07) is 1.16. The quantitative estimate of drug-likeness (QED) is 0.521. The number of cyclic esters (lactones) is 4. The second-order valence-electron chi connectivity index (χ2n) is 4.76. The molecule has 0 radical (unpaired) electrons. The third-order valence-corrected chi connectivity index (χ3v) is 4.76. The van der Waals surface area contributed by atoms with E-state index in [0.29, 0.717) is 0 Å². The molecule has 0 amide bonds. The van der Waals surface area contributed by atoms with E-state index in [4.69, 9.17) is 34.8 Å². The van der Waals surface area contributed by atoms with E-state index in [0.717, 1.165) is 6.07 Å². The first-order valence-electron chi connectivity index (χ1n) is 6.03. The lowest BCUT2D eigenvalue weighted by Crippen LogP contribution is -2.26. The minimum atomic E-state index is -1.04. The van der Waals surface area contributed by atoms with Gasteiger partial charge in [0.05, 0.1) is 37.3 Å². The average molecular weight is 372 g/mol. The molecule has 0 N–H and O–H groups in total. The molecule has 2 aromatic carbocycles. The molecule has 9 heteroatoms. The van der Waals surface area contributed by atoms with Gasteiger partial charge in [0.2, 0.25) is 0 Å². The molecule has 0 spiro atoms. The first-order chi connectivity index (χ1) is 10.8. The second-order valence-corrected chi connectivity index (χ2v) is 5.93. The van der Waals surface area contributed by atoms with Crippen LogP contribution in [0.4, 0.5) is 0 Å². The molecule has 0 saturated carbocycles. The summed E-state index contributed by atoms with van der Waals surface area (Å²) >= 11 is 18.1. The van der Waals surface area contributed by atoms with Crippen LogP contribution in [-0.2, 0) is 9.47 Å². The van der Waals surface area contributed by atoms with Crippen LogP contribution in [0.2, 0.25) is 15.1 Å². The van der Waals surface area contributed by atoms with Gasteiger partial charge in [0.1, 0.15) is 0 Å². The van der Waals surface area contributed by atoms with E-state index in [1.165, 1.54) is 0 Å². The normalized spacial score (nSPS) is 15.8. The topological polar surface area (TPSA) is 86.7 Å². The van der Waals surface area contributed by atoms with Crippen molar-refractivity contribution in [3.05, 3.63) is 43.4 Å². The van der Waals surface area contributed by atoms with Gasteiger partial charge >= 0.3 is 23.9 Å². The summed E-state index contributed by atoms with van der Waals surface area (Å²) in [5.41, 5.74) is -0.685. The van der Waals surface area contributed by atoms with Gasteiger partial charge in [-0.3, -0.25) is 0 Å². The maximum atomic E-state index is 12.0. The summed E-state index contributed by atoms with van der Waals surface area (Å²) in [4.78, 5) is 48.0. The van der Waals surface area contributed by atoms with E-state index in [-0.39, 0.29) is 48.1 Å². The van der Waals surface area contributed by atoms with Gasteiger partial charge in [-0.05, 0) is 6.07 Å². The molecule has 0 aliphatic carbocycles. The SMILES string of the molecule is O=C1OC(=O)c2c(Cl)c(Cl)c3c4c(c(Cl)cc1c24)C(=O)OC3=O. The first-order valence-corrected chi connectivity index (χ1v) is 7.16. The van der Waals surface area contributed by atoms with Crippen molar-refractivity contribution in [2.24, 2.45) is 0 Å². The highest BCUT2D eigenvalue weighted by atomic mass is 35.5. The zero-order valence-corrected chi connectivity index (χ0v) is 12.9. The Morgan fingerprint density at radius 1 is 0.652 bits per heavy atom. The minimum absolute atomic E-state index is 0.0000463. The highest BCUT2D eigenvalue weighted by Crippen LogP contribution is 2.46. The average Bonchev–Trinajstić information content (AvgIpc) is 2.46. The summed E-state index contributed by atoms with van der Waals surface area (Å²) in [7, 11) is 0. The van der Waals surface area contributed by atoms with Gasteiger partial charge in [0.15, 0.2) is 0 Å². The first kappa shape index (κ1) is 14.4. The number of hydrogen-bond acceptors (Lipinski definition) is 6. The van der Waals surface area contributed by atoms with Crippen LogP contribution in [0.1, 0.15) is 41.4 Å². The fraction of sp³-hybridized carbons (Fsp3) is 0. The van der Waals surface area contributed by atoms with Crippen LogP contribution >= 0.6 is 34.8 Å². The number of rotatable bonds is 0. The molecule has 0 fully saturated rings. The fourth-order valence-electron chi connectivity index (χ4n) is 2.72. The Morgan fingerprint density at radius 3 is 1.74 bits per heavy atom. The smallest absolute Gasteiger partial charge is 0.348 e. The molecule has 2 aliphatic heterocycles. The Kier molecular flexibility index (Phi) is 2.79. The predicted octanol–water partition coefficient (Wildman–Crippen LogP) is 3.42. The van der Waals surface area contributed by atoms with E-state index in [2.05, 4.69) is 9.47 Å². The van der Waals surface area contributed by atoms with Crippen molar-refractivity contribution >= 4 is 69.5 Å². The molecule has 0 aromatic heterocycles. The Bertz CT molecular complexity index is 1020. The summed E-state index contributed by atoms with van der Waals surface area (Å²) in [6.45, 7) is 0. The molecule has 0 unspecified atom stereocenters. The number of ether oxygens (including phenoxy) is 2. The van der Waals surface area contributed by atoms with Gasteiger partial charge in [0, 0.05) is 10.8 Å². The van der Waals surface area contributed by atoms with Gasteiger partial charge in [-0.25, -0.2) is 19.2 Å². The number of carbonyl (C=O) groups is 4. The molecule has 23 heavy (non-hydrogen) atoms.